The number of halogens is 1. The number of aryl methyl sites for hydroxylation is 1. The van der Waals surface area contributed by atoms with E-state index >= 15 is 0 Å². The zero-order valence-corrected chi connectivity index (χ0v) is 19.7. The van der Waals surface area contributed by atoms with Gasteiger partial charge in [-0.05, 0) is 29.8 Å². The molecular formula is C26H20ClN3O5. The molecule has 0 unspecified atom stereocenters. The lowest BCUT2D eigenvalue weighted by atomic mass is 10.0. The van der Waals surface area contributed by atoms with Crippen LogP contribution in [0, 0.1) is 0 Å². The first kappa shape index (κ1) is 21.6. The predicted molar refractivity (Wildman–Crippen MR) is 133 cm³/mol. The smallest absolute Gasteiger partial charge is 0.331 e. The lowest BCUT2D eigenvalue weighted by Gasteiger charge is -2.27. The van der Waals surface area contributed by atoms with Gasteiger partial charge in [-0.1, -0.05) is 35.9 Å². The Balaban J connectivity index is 1.75. The van der Waals surface area contributed by atoms with Crippen LogP contribution in [-0.4, -0.2) is 20.3 Å². The molecular weight excluding hydrogens is 470 g/mol. The quantitative estimate of drug-likeness (QED) is 0.378. The van der Waals surface area contributed by atoms with Gasteiger partial charge < -0.3 is 13.7 Å². The third-order valence-electron chi connectivity index (χ3n) is 6.66. The monoisotopic (exact) mass is 489 g/mol. The van der Waals surface area contributed by atoms with Gasteiger partial charge in [-0.2, -0.15) is 0 Å². The SMILES string of the molecule is Cn1c(=O)c2c(-c3ccc(Cl)cc3)n3c(c2n(C)c1=O)[C@H](c1coc2ccccc2c1=O)OCC3. The van der Waals surface area contributed by atoms with Crippen LogP contribution in [0.1, 0.15) is 17.4 Å². The Morgan fingerprint density at radius 2 is 1.71 bits per heavy atom. The van der Waals surface area contributed by atoms with E-state index in [2.05, 4.69) is 0 Å². The minimum Gasteiger partial charge on any atom is -0.464 e. The molecule has 0 N–H and O–H groups in total. The van der Waals surface area contributed by atoms with Crippen molar-refractivity contribution in [3.8, 4) is 11.3 Å². The van der Waals surface area contributed by atoms with Crippen molar-refractivity contribution in [2.45, 2.75) is 12.6 Å². The molecule has 6 rings (SSSR count). The number of hydrogen-bond donors (Lipinski definition) is 0. The van der Waals surface area contributed by atoms with Gasteiger partial charge in [-0.3, -0.25) is 18.7 Å². The van der Waals surface area contributed by atoms with Crippen LogP contribution in [0.15, 0.2) is 73.6 Å². The molecule has 0 radical (unpaired) electrons. The van der Waals surface area contributed by atoms with E-state index in [4.69, 9.17) is 20.8 Å². The maximum atomic E-state index is 13.5. The number of ether oxygens (including phenoxy) is 1. The lowest BCUT2D eigenvalue weighted by Crippen LogP contribution is -2.37. The van der Waals surface area contributed by atoms with Crippen molar-refractivity contribution in [1.82, 2.24) is 13.7 Å². The molecule has 35 heavy (non-hydrogen) atoms. The second-order valence-electron chi connectivity index (χ2n) is 8.59. The van der Waals surface area contributed by atoms with Gasteiger partial charge in [-0.15, -0.1) is 0 Å². The minimum atomic E-state index is -0.828. The summed E-state index contributed by atoms with van der Waals surface area (Å²) in [6.07, 6.45) is 0.580. The van der Waals surface area contributed by atoms with E-state index in [1.807, 2.05) is 16.7 Å². The molecule has 4 heterocycles. The molecule has 3 aromatic heterocycles. The summed E-state index contributed by atoms with van der Waals surface area (Å²) in [5.74, 6) is 0. The fourth-order valence-corrected chi connectivity index (χ4v) is 5.12. The van der Waals surface area contributed by atoms with Crippen molar-refractivity contribution in [3.05, 3.63) is 102 Å². The van der Waals surface area contributed by atoms with E-state index < -0.39 is 17.4 Å². The molecule has 5 aromatic rings. The first-order chi connectivity index (χ1) is 16.9. The number of rotatable bonds is 2. The Hall–Kier alpha value is -3.88. The summed E-state index contributed by atoms with van der Waals surface area (Å²) in [6, 6.07) is 14.2. The third kappa shape index (κ3) is 3.07. The highest BCUT2D eigenvalue weighted by molar-refractivity contribution is 6.30. The molecule has 0 spiro atoms. The molecule has 0 bridgehead atoms. The van der Waals surface area contributed by atoms with Crippen LogP contribution >= 0.6 is 11.6 Å². The number of aromatic nitrogens is 3. The van der Waals surface area contributed by atoms with E-state index in [9.17, 15) is 14.4 Å². The van der Waals surface area contributed by atoms with Crippen molar-refractivity contribution < 1.29 is 9.15 Å². The number of hydrogen-bond acceptors (Lipinski definition) is 5. The van der Waals surface area contributed by atoms with Crippen LogP contribution in [0.5, 0.6) is 0 Å². The van der Waals surface area contributed by atoms with Gasteiger partial charge in [0.1, 0.15) is 18.0 Å². The van der Waals surface area contributed by atoms with Crippen LogP contribution in [0.2, 0.25) is 5.02 Å². The highest BCUT2D eigenvalue weighted by Gasteiger charge is 2.34. The van der Waals surface area contributed by atoms with Gasteiger partial charge in [0.15, 0.2) is 5.43 Å². The summed E-state index contributed by atoms with van der Waals surface area (Å²) in [6.45, 7) is 0.745. The van der Waals surface area contributed by atoms with Gasteiger partial charge in [0, 0.05) is 25.7 Å². The lowest BCUT2D eigenvalue weighted by molar-refractivity contribution is 0.0463. The Kier molecular flexibility index (Phi) is 4.84. The van der Waals surface area contributed by atoms with Gasteiger partial charge in [0.2, 0.25) is 0 Å². The van der Waals surface area contributed by atoms with E-state index in [1.54, 1.807) is 43.4 Å². The first-order valence-electron chi connectivity index (χ1n) is 11.1. The van der Waals surface area contributed by atoms with E-state index in [-0.39, 0.29) is 5.43 Å². The summed E-state index contributed by atoms with van der Waals surface area (Å²) in [4.78, 5) is 39.9. The zero-order valence-electron chi connectivity index (χ0n) is 18.9. The van der Waals surface area contributed by atoms with E-state index in [0.717, 1.165) is 10.1 Å². The standard InChI is InChI=1S/C26H20ClN3O5/c1-28-21-19(25(32)29(2)26(28)33)20(14-7-9-15(27)10-8-14)30-11-12-34-24(22(21)30)17-13-35-18-6-4-3-5-16(18)23(17)31/h3-10,13,24H,11-12H2,1-2H3/t24-/m0/s1. The van der Waals surface area contributed by atoms with Crippen LogP contribution < -0.4 is 16.7 Å². The molecule has 0 saturated heterocycles. The first-order valence-corrected chi connectivity index (χ1v) is 11.5. The fraction of sp³-hybridized carbons (Fsp3) is 0.192. The van der Waals surface area contributed by atoms with Crippen LogP contribution in [0.25, 0.3) is 33.1 Å². The second-order valence-corrected chi connectivity index (χ2v) is 9.03. The van der Waals surface area contributed by atoms with E-state index in [1.165, 1.54) is 17.9 Å². The number of para-hydroxylation sites is 1. The normalized spacial score (nSPS) is 15.6. The Bertz CT molecular complexity index is 1830. The highest BCUT2D eigenvalue weighted by Crippen LogP contribution is 2.40. The third-order valence-corrected chi connectivity index (χ3v) is 6.91. The fourth-order valence-electron chi connectivity index (χ4n) is 5.00. The largest absolute Gasteiger partial charge is 0.464 e. The van der Waals surface area contributed by atoms with E-state index in [0.29, 0.717) is 57.0 Å². The van der Waals surface area contributed by atoms with Crippen molar-refractivity contribution in [3.63, 3.8) is 0 Å². The molecule has 0 amide bonds. The van der Waals surface area contributed by atoms with Crippen molar-refractivity contribution in [2.24, 2.45) is 14.1 Å². The average molecular weight is 490 g/mol. The molecule has 9 heteroatoms. The second kappa shape index (κ2) is 7.83. The zero-order chi connectivity index (χ0) is 24.4. The van der Waals surface area contributed by atoms with Crippen LogP contribution in [-0.2, 0) is 25.4 Å². The Labute approximate surface area is 203 Å². The van der Waals surface area contributed by atoms with Crippen LogP contribution in [0.3, 0.4) is 0 Å². The molecule has 176 valence electrons. The predicted octanol–water partition coefficient (Wildman–Crippen LogP) is 3.59. The number of nitrogens with zero attached hydrogens (tertiary/aromatic N) is 3. The molecule has 1 aliphatic rings. The molecule has 0 fully saturated rings. The maximum absolute atomic E-state index is 13.5. The van der Waals surface area contributed by atoms with Gasteiger partial charge in [0.25, 0.3) is 5.56 Å². The van der Waals surface area contributed by atoms with Gasteiger partial charge in [-0.25, -0.2) is 4.79 Å². The summed E-state index contributed by atoms with van der Waals surface area (Å²) < 4.78 is 16.4. The Morgan fingerprint density at radius 3 is 2.49 bits per heavy atom. The van der Waals surface area contributed by atoms with Gasteiger partial charge >= 0.3 is 5.69 Å². The van der Waals surface area contributed by atoms with Crippen LogP contribution in [0.4, 0.5) is 0 Å². The minimum absolute atomic E-state index is 0.221. The Morgan fingerprint density at radius 1 is 0.971 bits per heavy atom. The molecule has 1 atom stereocenters. The highest BCUT2D eigenvalue weighted by atomic mass is 35.5. The summed E-state index contributed by atoms with van der Waals surface area (Å²) in [5, 5.41) is 1.38. The number of fused-ring (bicyclic) bond motifs is 4. The average Bonchev–Trinajstić information content (AvgIpc) is 3.23. The van der Waals surface area contributed by atoms with Gasteiger partial charge in [0.05, 0.1) is 39.8 Å². The maximum Gasteiger partial charge on any atom is 0.331 e. The number of benzene rings is 2. The summed E-state index contributed by atoms with van der Waals surface area (Å²) >= 11 is 6.12. The summed E-state index contributed by atoms with van der Waals surface area (Å²) in [7, 11) is 3.07. The van der Waals surface area contributed by atoms with Crippen molar-refractivity contribution >= 4 is 33.5 Å². The molecule has 0 aliphatic carbocycles. The summed E-state index contributed by atoms with van der Waals surface area (Å²) in [5.41, 5.74) is 2.10. The molecule has 1 aliphatic heterocycles. The molecule has 0 saturated carbocycles. The topological polar surface area (TPSA) is 88.4 Å². The van der Waals surface area contributed by atoms with Crippen molar-refractivity contribution in [2.75, 3.05) is 6.61 Å². The molecule has 8 nitrogen and oxygen atoms in total. The van der Waals surface area contributed by atoms with Crippen molar-refractivity contribution in [1.29, 1.82) is 0 Å². The molecule has 2 aromatic carbocycles.